The van der Waals surface area contributed by atoms with Crippen molar-refractivity contribution < 1.29 is 27.4 Å². The Kier molecular flexibility index (Phi) is 10.5. The molecule has 4 aromatic rings. The van der Waals surface area contributed by atoms with Crippen LogP contribution in [0, 0.1) is 0 Å². The summed E-state index contributed by atoms with van der Waals surface area (Å²) in [6.45, 7) is 4.31. The summed E-state index contributed by atoms with van der Waals surface area (Å²) >= 11 is 0. The van der Waals surface area contributed by atoms with E-state index in [9.17, 15) is 13.2 Å². The van der Waals surface area contributed by atoms with Gasteiger partial charge in [-0.15, -0.1) is 0 Å². The summed E-state index contributed by atoms with van der Waals surface area (Å²) in [4.78, 5) is 13.0. The number of carbonyl (C=O) groups excluding carboxylic acids is 1. The zero-order chi connectivity index (χ0) is 29.8. The molecule has 0 aliphatic heterocycles. The molecule has 0 fully saturated rings. The van der Waals surface area contributed by atoms with Crippen LogP contribution in [0.3, 0.4) is 0 Å². The van der Waals surface area contributed by atoms with Crippen molar-refractivity contribution in [1.82, 2.24) is 5.43 Å². The molecule has 10 heteroatoms. The highest BCUT2D eigenvalue weighted by atomic mass is 32.2. The van der Waals surface area contributed by atoms with Crippen molar-refractivity contribution in [2.45, 2.75) is 25.3 Å². The first-order valence-corrected chi connectivity index (χ1v) is 14.9. The van der Waals surface area contributed by atoms with Gasteiger partial charge in [0, 0.05) is 0 Å². The summed E-state index contributed by atoms with van der Waals surface area (Å²) in [5, 5.41) is 4.05. The van der Waals surface area contributed by atoms with Gasteiger partial charge in [-0.3, -0.25) is 9.10 Å². The second-order valence-corrected chi connectivity index (χ2v) is 10.8. The molecule has 0 saturated carbocycles. The predicted molar refractivity (Wildman–Crippen MR) is 163 cm³/mol. The lowest BCUT2D eigenvalue weighted by atomic mass is 10.2. The molecule has 218 valence electrons. The standard InChI is InChI=1S/C32H33N3O6S/c1-3-39-29-18-12-11-17-28(29)35(42(37,38)27-15-9-6-10-16-27)23-32(36)34-33-22-26-19-20-30(31(21-26)40-4-2)41-24-25-13-7-5-8-14-25/h5-22H,3-4,23-24H2,1-2H3,(H,34,36)/b33-22+. The van der Waals surface area contributed by atoms with Gasteiger partial charge in [0.1, 0.15) is 18.9 Å². The van der Waals surface area contributed by atoms with E-state index in [1.165, 1.54) is 18.3 Å². The molecule has 0 heterocycles. The lowest BCUT2D eigenvalue weighted by Gasteiger charge is -2.25. The smallest absolute Gasteiger partial charge is 0.264 e. The van der Waals surface area contributed by atoms with Crippen molar-refractivity contribution in [2.24, 2.45) is 5.10 Å². The number of rotatable bonds is 14. The molecule has 0 saturated heterocycles. The molecule has 0 radical (unpaired) electrons. The normalized spacial score (nSPS) is 11.2. The summed E-state index contributed by atoms with van der Waals surface area (Å²) < 4.78 is 45.6. The van der Waals surface area contributed by atoms with Crippen molar-refractivity contribution in [2.75, 3.05) is 24.1 Å². The van der Waals surface area contributed by atoms with Crippen LogP contribution < -0.4 is 23.9 Å². The van der Waals surface area contributed by atoms with E-state index >= 15 is 0 Å². The molecule has 4 rings (SSSR count). The molecule has 0 unspecified atom stereocenters. The highest BCUT2D eigenvalue weighted by Gasteiger charge is 2.29. The van der Waals surface area contributed by atoms with Crippen LogP contribution in [-0.4, -0.2) is 40.3 Å². The number of para-hydroxylation sites is 2. The van der Waals surface area contributed by atoms with Crippen LogP contribution in [0.2, 0.25) is 0 Å². The highest BCUT2D eigenvalue weighted by molar-refractivity contribution is 7.92. The number of hydrogen-bond acceptors (Lipinski definition) is 7. The maximum atomic E-state index is 13.6. The summed E-state index contributed by atoms with van der Waals surface area (Å²) in [6.07, 6.45) is 1.45. The number of carbonyl (C=O) groups is 1. The third-order valence-corrected chi connectivity index (χ3v) is 7.73. The fourth-order valence-electron chi connectivity index (χ4n) is 4.03. The fraction of sp³-hybridized carbons (Fsp3) is 0.188. The van der Waals surface area contributed by atoms with E-state index in [0.717, 1.165) is 9.87 Å². The van der Waals surface area contributed by atoms with Crippen molar-refractivity contribution in [3.8, 4) is 17.2 Å². The fourth-order valence-corrected chi connectivity index (χ4v) is 5.49. The molecule has 0 aliphatic rings. The van der Waals surface area contributed by atoms with Crippen molar-refractivity contribution >= 4 is 27.8 Å². The molecule has 1 N–H and O–H groups in total. The number of amides is 1. The molecule has 0 atom stereocenters. The zero-order valence-electron chi connectivity index (χ0n) is 23.5. The first kappa shape index (κ1) is 30.1. The lowest BCUT2D eigenvalue weighted by Crippen LogP contribution is -2.39. The summed E-state index contributed by atoms with van der Waals surface area (Å²) in [6, 6.07) is 29.7. The number of ether oxygens (including phenoxy) is 3. The molecule has 42 heavy (non-hydrogen) atoms. The van der Waals surface area contributed by atoms with E-state index in [1.807, 2.05) is 37.3 Å². The van der Waals surface area contributed by atoms with E-state index in [0.29, 0.717) is 42.6 Å². The monoisotopic (exact) mass is 587 g/mol. The maximum Gasteiger partial charge on any atom is 0.264 e. The molecule has 4 aromatic carbocycles. The van der Waals surface area contributed by atoms with Crippen LogP contribution >= 0.6 is 0 Å². The van der Waals surface area contributed by atoms with Gasteiger partial charge in [-0.2, -0.15) is 5.10 Å². The second-order valence-electron chi connectivity index (χ2n) is 8.93. The molecule has 0 aliphatic carbocycles. The van der Waals surface area contributed by atoms with Crippen molar-refractivity contribution in [3.63, 3.8) is 0 Å². The number of hydrazone groups is 1. The Labute approximate surface area is 246 Å². The molecule has 0 bridgehead atoms. The Bertz CT molecular complexity index is 1600. The molecule has 0 aromatic heterocycles. The van der Waals surface area contributed by atoms with Crippen LogP contribution in [0.15, 0.2) is 113 Å². The minimum absolute atomic E-state index is 0.0469. The molecule has 9 nitrogen and oxygen atoms in total. The van der Waals surface area contributed by atoms with Gasteiger partial charge in [-0.25, -0.2) is 13.8 Å². The van der Waals surface area contributed by atoms with Gasteiger partial charge in [0.05, 0.1) is 30.0 Å². The van der Waals surface area contributed by atoms with Gasteiger partial charge < -0.3 is 14.2 Å². The van der Waals surface area contributed by atoms with Crippen LogP contribution in [-0.2, 0) is 21.4 Å². The quantitative estimate of drug-likeness (QED) is 0.156. The van der Waals surface area contributed by atoms with Crippen LogP contribution in [0.1, 0.15) is 25.0 Å². The average molecular weight is 588 g/mol. The van der Waals surface area contributed by atoms with Crippen LogP contribution in [0.4, 0.5) is 5.69 Å². The molecule has 1 amide bonds. The van der Waals surface area contributed by atoms with E-state index in [4.69, 9.17) is 14.2 Å². The molecular weight excluding hydrogens is 554 g/mol. The number of anilines is 1. The SMILES string of the molecule is CCOc1cc(/C=N/NC(=O)CN(c2ccccc2OCC)S(=O)(=O)c2ccccc2)ccc1OCc1ccccc1. The van der Waals surface area contributed by atoms with E-state index < -0.39 is 22.5 Å². The van der Waals surface area contributed by atoms with E-state index in [-0.39, 0.29) is 10.6 Å². The van der Waals surface area contributed by atoms with E-state index in [1.54, 1.807) is 67.6 Å². The Morgan fingerprint density at radius 3 is 2.14 bits per heavy atom. The Hall–Kier alpha value is -4.83. The summed E-state index contributed by atoms with van der Waals surface area (Å²) in [7, 11) is -4.10. The molecule has 0 spiro atoms. The largest absolute Gasteiger partial charge is 0.492 e. The van der Waals surface area contributed by atoms with Crippen molar-refractivity contribution in [3.05, 3.63) is 114 Å². The summed E-state index contributed by atoms with van der Waals surface area (Å²) in [5.41, 5.74) is 4.36. The number of hydrogen-bond donors (Lipinski definition) is 1. The Balaban J connectivity index is 1.50. The van der Waals surface area contributed by atoms with E-state index in [2.05, 4.69) is 10.5 Å². The molecular formula is C32H33N3O6S. The van der Waals surface area contributed by atoms with Gasteiger partial charge in [-0.1, -0.05) is 60.7 Å². The minimum atomic E-state index is -4.10. The number of nitrogens with one attached hydrogen (secondary N) is 1. The number of benzene rings is 4. The number of sulfonamides is 1. The third kappa shape index (κ3) is 7.88. The Morgan fingerprint density at radius 2 is 1.43 bits per heavy atom. The summed E-state index contributed by atoms with van der Waals surface area (Å²) in [5.74, 6) is 0.826. The first-order valence-electron chi connectivity index (χ1n) is 13.5. The maximum absolute atomic E-state index is 13.6. The highest BCUT2D eigenvalue weighted by Crippen LogP contribution is 2.32. The topological polar surface area (TPSA) is 107 Å². The number of nitrogens with zero attached hydrogens (tertiary/aromatic N) is 2. The van der Waals surface area contributed by atoms with Crippen molar-refractivity contribution in [1.29, 1.82) is 0 Å². The van der Waals surface area contributed by atoms with Gasteiger partial charge in [-0.05, 0) is 67.4 Å². The minimum Gasteiger partial charge on any atom is -0.492 e. The third-order valence-electron chi connectivity index (χ3n) is 5.96. The van der Waals surface area contributed by atoms with Gasteiger partial charge in [0.15, 0.2) is 11.5 Å². The van der Waals surface area contributed by atoms with Gasteiger partial charge in [0.2, 0.25) is 0 Å². The Morgan fingerprint density at radius 1 is 0.786 bits per heavy atom. The second kappa shape index (κ2) is 14.7. The first-order chi connectivity index (χ1) is 20.4. The van der Waals surface area contributed by atoms with Crippen LogP contribution in [0.5, 0.6) is 17.2 Å². The zero-order valence-corrected chi connectivity index (χ0v) is 24.3. The lowest BCUT2D eigenvalue weighted by molar-refractivity contribution is -0.119. The average Bonchev–Trinajstić information content (AvgIpc) is 3.01. The van der Waals surface area contributed by atoms with Gasteiger partial charge in [0.25, 0.3) is 15.9 Å². The van der Waals surface area contributed by atoms with Gasteiger partial charge >= 0.3 is 0 Å². The van der Waals surface area contributed by atoms with Crippen LogP contribution in [0.25, 0.3) is 0 Å². The predicted octanol–water partition coefficient (Wildman–Crippen LogP) is 5.41.